The van der Waals surface area contributed by atoms with Gasteiger partial charge in [-0.05, 0) is 29.8 Å². The fourth-order valence-electron chi connectivity index (χ4n) is 2.13. The fraction of sp³-hybridized carbons (Fsp3) is 0.0556. The average molecular weight is 340 g/mol. The van der Waals surface area contributed by atoms with Crippen molar-refractivity contribution in [1.29, 1.82) is 0 Å². The molecule has 0 radical (unpaired) electrons. The van der Waals surface area contributed by atoms with E-state index in [1.165, 1.54) is 12.1 Å². The highest BCUT2D eigenvalue weighted by Crippen LogP contribution is 2.18. The third-order valence-electron chi connectivity index (χ3n) is 3.41. The molecule has 0 unspecified atom stereocenters. The molecule has 0 aliphatic heterocycles. The van der Waals surface area contributed by atoms with Gasteiger partial charge in [-0.1, -0.05) is 36.4 Å². The molecule has 0 aliphatic carbocycles. The van der Waals surface area contributed by atoms with E-state index in [-0.39, 0.29) is 5.69 Å². The first-order valence-electron chi connectivity index (χ1n) is 7.50. The number of amides is 1. The molecule has 0 bridgehead atoms. The molecule has 0 spiro atoms. The normalized spacial score (nSPS) is 10.3. The lowest BCUT2D eigenvalue weighted by atomic mass is 10.2. The molecule has 5 nitrogen and oxygen atoms in total. The Balaban J connectivity index is 1.64. The van der Waals surface area contributed by atoms with Crippen molar-refractivity contribution in [1.82, 2.24) is 10.2 Å². The molecule has 0 atom stereocenters. The number of nitrogens with zero attached hydrogens (tertiary/aromatic N) is 2. The van der Waals surface area contributed by atoms with Gasteiger partial charge in [-0.25, -0.2) is 8.78 Å². The van der Waals surface area contributed by atoms with Gasteiger partial charge in [0.15, 0.2) is 5.69 Å². The summed E-state index contributed by atoms with van der Waals surface area (Å²) in [5.74, 6) is -1.98. The van der Waals surface area contributed by atoms with Crippen molar-refractivity contribution in [3.05, 3.63) is 83.6 Å². The quantitative estimate of drug-likeness (QED) is 0.744. The SMILES string of the molecule is O=C(Nc1c(F)cccc1F)c1ccc(NCc2ccccc2)nn1. The van der Waals surface area contributed by atoms with Crippen LogP contribution in [0, 0.1) is 11.6 Å². The second-order valence-electron chi connectivity index (χ2n) is 5.19. The number of para-hydroxylation sites is 1. The number of benzene rings is 2. The zero-order chi connectivity index (χ0) is 17.6. The van der Waals surface area contributed by atoms with E-state index in [4.69, 9.17) is 0 Å². The number of rotatable bonds is 5. The van der Waals surface area contributed by atoms with E-state index in [0.717, 1.165) is 17.7 Å². The molecule has 0 fully saturated rings. The smallest absolute Gasteiger partial charge is 0.276 e. The topological polar surface area (TPSA) is 66.9 Å². The molecule has 0 saturated carbocycles. The van der Waals surface area contributed by atoms with Gasteiger partial charge in [-0.3, -0.25) is 4.79 Å². The van der Waals surface area contributed by atoms with Gasteiger partial charge in [-0.15, -0.1) is 10.2 Å². The summed E-state index contributed by atoms with van der Waals surface area (Å²) in [7, 11) is 0. The highest BCUT2D eigenvalue weighted by Gasteiger charge is 2.14. The van der Waals surface area contributed by atoms with Crippen molar-refractivity contribution in [3.8, 4) is 0 Å². The van der Waals surface area contributed by atoms with Crippen LogP contribution in [-0.2, 0) is 6.54 Å². The van der Waals surface area contributed by atoms with E-state index >= 15 is 0 Å². The number of aromatic nitrogens is 2. The molecular weight excluding hydrogens is 326 g/mol. The molecule has 3 rings (SSSR count). The van der Waals surface area contributed by atoms with Gasteiger partial charge < -0.3 is 10.6 Å². The third kappa shape index (κ3) is 4.14. The largest absolute Gasteiger partial charge is 0.365 e. The van der Waals surface area contributed by atoms with E-state index in [2.05, 4.69) is 20.8 Å². The van der Waals surface area contributed by atoms with E-state index in [1.807, 2.05) is 30.3 Å². The van der Waals surface area contributed by atoms with Crippen LogP contribution in [0.15, 0.2) is 60.7 Å². The summed E-state index contributed by atoms with van der Waals surface area (Å²) in [5.41, 5.74) is 0.509. The minimum atomic E-state index is -0.859. The minimum Gasteiger partial charge on any atom is -0.365 e. The molecule has 2 N–H and O–H groups in total. The Morgan fingerprint density at radius 2 is 1.60 bits per heavy atom. The van der Waals surface area contributed by atoms with Crippen LogP contribution in [0.4, 0.5) is 20.3 Å². The van der Waals surface area contributed by atoms with Gasteiger partial charge in [0.05, 0.1) is 0 Å². The molecule has 3 aromatic rings. The van der Waals surface area contributed by atoms with Gasteiger partial charge in [-0.2, -0.15) is 0 Å². The highest BCUT2D eigenvalue weighted by molar-refractivity contribution is 6.02. The highest BCUT2D eigenvalue weighted by atomic mass is 19.1. The number of nitrogens with one attached hydrogen (secondary N) is 2. The first-order valence-corrected chi connectivity index (χ1v) is 7.50. The number of halogens is 2. The van der Waals surface area contributed by atoms with Gasteiger partial charge >= 0.3 is 0 Å². The summed E-state index contributed by atoms with van der Waals surface area (Å²) >= 11 is 0. The van der Waals surface area contributed by atoms with Crippen LogP contribution < -0.4 is 10.6 Å². The van der Waals surface area contributed by atoms with Crippen LogP contribution >= 0.6 is 0 Å². The Hall–Kier alpha value is -3.35. The minimum absolute atomic E-state index is 0.0482. The van der Waals surface area contributed by atoms with Crippen molar-refractivity contribution in [3.63, 3.8) is 0 Å². The zero-order valence-corrected chi connectivity index (χ0v) is 13.0. The second kappa shape index (κ2) is 7.48. The summed E-state index contributed by atoms with van der Waals surface area (Å²) in [6, 6.07) is 16.0. The number of hydrogen-bond acceptors (Lipinski definition) is 4. The Morgan fingerprint density at radius 1 is 0.880 bits per heavy atom. The maximum atomic E-state index is 13.6. The van der Waals surface area contributed by atoms with Crippen LogP contribution in [0.5, 0.6) is 0 Å². The summed E-state index contributed by atoms with van der Waals surface area (Å²) in [4.78, 5) is 12.0. The lowest BCUT2D eigenvalue weighted by Crippen LogP contribution is -2.16. The van der Waals surface area contributed by atoms with Gasteiger partial charge in [0, 0.05) is 6.54 Å². The molecule has 7 heteroatoms. The molecule has 0 saturated heterocycles. The average Bonchev–Trinajstić information content (AvgIpc) is 2.64. The van der Waals surface area contributed by atoms with Crippen molar-refractivity contribution in [2.45, 2.75) is 6.54 Å². The fourth-order valence-corrected chi connectivity index (χ4v) is 2.13. The zero-order valence-electron chi connectivity index (χ0n) is 13.0. The van der Waals surface area contributed by atoms with Crippen LogP contribution in [0.25, 0.3) is 0 Å². The Bertz CT molecular complexity index is 850. The maximum Gasteiger partial charge on any atom is 0.276 e. The van der Waals surface area contributed by atoms with E-state index in [9.17, 15) is 13.6 Å². The molecular formula is C18H14F2N4O. The molecule has 2 aromatic carbocycles. The van der Waals surface area contributed by atoms with Gasteiger partial charge in [0.2, 0.25) is 0 Å². The first-order chi connectivity index (χ1) is 12.1. The lowest BCUT2D eigenvalue weighted by Gasteiger charge is -2.08. The van der Waals surface area contributed by atoms with E-state index < -0.39 is 23.2 Å². The second-order valence-corrected chi connectivity index (χ2v) is 5.19. The van der Waals surface area contributed by atoms with Gasteiger partial charge in [0.1, 0.15) is 23.1 Å². The standard InChI is InChI=1S/C18H14F2N4O/c19-13-7-4-8-14(20)17(13)22-18(25)15-9-10-16(24-23-15)21-11-12-5-2-1-3-6-12/h1-10H,11H2,(H,21,24)(H,22,25). The van der Waals surface area contributed by atoms with Crippen LogP contribution in [0.3, 0.4) is 0 Å². The first kappa shape index (κ1) is 16.5. The molecule has 1 aromatic heterocycles. The predicted octanol–water partition coefficient (Wildman–Crippen LogP) is 3.62. The Morgan fingerprint density at radius 3 is 2.24 bits per heavy atom. The molecule has 1 heterocycles. The van der Waals surface area contributed by atoms with Gasteiger partial charge in [0.25, 0.3) is 5.91 Å². The third-order valence-corrected chi connectivity index (χ3v) is 3.41. The summed E-state index contributed by atoms with van der Waals surface area (Å²) in [5, 5.41) is 12.9. The predicted molar refractivity (Wildman–Crippen MR) is 90.1 cm³/mol. The van der Waals surface area contributed by atoms with Crippen molar-refractivity contribution in [2.24, 2.45) is 0 Å². The number of carbonyl (C=O) groups excluding carboxylic acids is 1. The Kier molecular flexibility index (Phi) is 4.94. The summed E-state index contributed by atoms with van der Waals surface area (Å²) in [6.45, 7) is 0.557. The molecule has 1 amide bonds. The van der Waals surface area contributed by atoms with E-state index in [1.54, 1.807) is 6.07 Å². The number of hydrogen-bond donors (Lipinski definition) is 2. The Labute approximate surface area is 142 Å². The van der Waals surface area contributed by atoms with Crippen molar-refractivity contribution < 1.29 is 13.6 Å². The van der Waals surface area contributed by atoms with Crippen LogP contribution in [-0.4, -0.2) is 16.1 Å². The van der Waals surface area contributed by atoms with Crippen molar-refractivity contribution >= 4 is 17.4 Å². The molecule has 0 aliphatic rings. The van der Waals surface area contributed by atoms with Crippen LogP contribution in [0.2, 0.25) is 0 Å². The van der Waals surface area contributed by atoms with Crippen LogP contribution in [0.1, 0.15) is 16.1 Å². The summed E-state index contributed by atoms with van der Waals surface area (Å²) < 4.78 is 27.1. The number of carbonyl (C=O) groups is 1. The maximum absolute atomic E-state index is 13.6. The summed E-state index contributed by atoms with van der Waals surface area (Å²) in [6.07, 6.45) is 0. The molecule has 126 valence electrons. The molecule has 25 heavy (non-hydrogen) atoms. The lowest BCUT2D eigenvalue weighted by molar-refractivity contribution is 0.102. The monoisotopic (exact) mass is 340 g/mol. The number of anilines is 2. The van der Waals surface area contributed by atoms with E-state index in [0.29, 0.717) is 12.4 Å². The van der Waals surface area contributed by atoms with Crippen molar-refractivity contribution in [2.75, 3.05) is 10.6 Å².